The van der Waals surface area contributed by atoms with Crippen LogP contribution in [-0.4, -0.2) is 32.3 Å². The smallest absolute Gasteiger partial charge is 0.266 e. The summed E-state index contributed by atoms with van der Waals surface area (Å²) in [7, 11) is -2.92. The molecule has 0 aliphatic heterocycles. The van der Waals surface area contributed by atoms with Gasteiger partial charge in [0.2, 0.25) is 5.91 Å². The van der Waals surface area contributed by atoms with Crippen molar-refractivity contribution in [1.29, 1.82) is 0 Å². The molecule has 0 aliphatic carbocycles. The van der Waals surface area contributed by atoms with Crippen molar-refractivity contribution in [2.24, 2.45) is 0 Å². The molecule has 0 bridgehead atoms. The van der Waals surface area contributed by atoms with Crippen LogP contribution in [0.5, 0.6) is 5.75 Å². The first-order valence-electron chi connectivity index (χ1n) is 9.85. The monoisotopic (exact) mass is 484 g/mol. The van der Waals surface area contributed by atoms with E-state index in [9.17, 15) is 22.4 Å². The molecule has 2 amide bonds. The number of nitrogens with zero attached hydrogens (tertiary/aromatic N) is 1. The minimum absolute atomic E-state index is 0.0674. The molecule has 9 nitrogen and oxygen atoms in total. The predicted molar refractivity (Wildman–Crippen MR) is 122 cm³/mol. The molecule has 0 atom stereocenters. The Kier molecular flexibility index (Phi) is 7.71. The van der Waals surface area contributed by atoms with Crippen LogP contribution in [-0.2, 0) is 21.4 Å². The van der Waals surface area contributed by atoms with Crippen LogP contribution < -0.4 is 20.3 Å². The Bertz CT molecular complexity index is 1340. The van der Waals surface area contributed by atoms with Gasteiger partial charge in [0.1, 0.15) is 16.5 Å². The van der Waals surface area contributed by atoms with Crippen molar-refractivity contribution in [2.45, 2.75) is 11.4 Å². The number of methoxy groups -OCH3 is 1. The van der Waals surface area contributed by atoms with Crippen LogP contribution in [0.2, 0.25) is 0 Å². The van der Waals surface area contributed by atoms with Gasteiger partial charge in [-0.2, -0.15) is 0 Å². The average Bonchev–Trinajstić information content (AvgIpc) is 2.85. The van der Waals surface area contributed by atoms with Gasteiger partial charge in [0.05, 0.1) is 12.8 Å². The standard InChI is InChI=1S/C23H21FN4O5S/c1-3-22(29)26-14-15-8-9-25-20(10-15)16-11-17(13-18(12-16)33-2)23(30)27-28-34(31,32)21-7-5-4-6-19(21)24/h3-13,28H,1,14H2,2H3,(H,26,29)(H,27,30). The first-order chi connectivity index (χ1) is 16.2. The second-order valence-corrected chi connectivity index (χ2v) is 8.56. The van der Waals surface area contributed by atoms with Gasteiger partial charge in [0.25, 0.3) is 15.9 Å². The number of amides is 2. The Morgan fingerprint density at radius 2 is 1.91 bits per heavy atom. The summed E-state index contributed by atoms with van der Waals surface area (Å²) in [5.41, 5.74) is 3.90. The van der Waals surface area contributed by atoms with E-state index in [4.69, 9.17) is 4.74 Å². The third-order valence-corrected chi connectivity index (χ3v) is 5.88. The number of benzene rings is 2. The van der Waals surface area contributed by atoms with Gasteiger partial charge in [-0.1, -0.05) is 18.7 Å². The number of halogens is 1. The maximum Gasteiger partial charge on any atom is 0.266 e. The summed E-state index contributed by atoms with van der Waals surface area (Å²) in [4.78, 5) is 29.7. The lowest BCUT2D eigenvalue weighted by Gasteiger charge is -2.12. The molecular formula is C23H21FN4O5S. The van der Waals surface area contributed by atoms with Crippen LogP contribution in [0.3, 0.4) is 0 Å². The minimum Gasteiger partial charge on any atom is -0.497 e. The summed E-state index contributed by atoms with van der Waals surface area (Å²) >= 11 is 0. The zero-order valence-corrected chi connectivity index (χ0v) is 18.9. The van der Waals surface area contributed by atoms with Crippen LogP contribution in [0, 0.1) is 5.82 Å². The Balaban J connectivity index is 1.83. The van der Waals surface area contributed by atoms with Gasteiger partial charge in [-0.3, -0.25) is 20.0 Å². The van der Waals surface area contributed by atoms with Gasteiger partial charge in [0, 0.05) is 23.9 Å². The second-order valence-electron chi connectivity index (χ2n) is 6.91. The molecular weight excluding hydrogens is 463 g/mol. The maximum atomic E-state index is 13.8. The zero-order chi connectivity index (χ0) is 24.7. The highest BCUT2D eigenvalue weighted by Gasteiger charge is 2.20. The number of aromatic nitrogens is 1. The van der Waals surface area contributed by atoms with Crippen molar-refractivity contribution >= 4 is 21.8 Å². The third kappa shape index (κ3) is 6.03. The summed E-state index contributed by atoms with van der Waals surface area (Å²) in [6.45, 7) is 3.64. The number of hydrogen-bond acceptors (Lipinski definition) is 6. The third-order valence-electron chi connectivity index (χ3n) is 4.60. The Morgan fingerprint density at radius 3 is 2.62 bits per heavy atom. The largest absolute Gasteiger partial charge is 0.497 e. The zero-order valence-electron chi connectivity index (χ0n) is 18.0. The molecule has 1 aromatic heterocycles. The Labute approximate surface area is 195 Å². The van der Waals surface area contributed by atoms with Crippen molar-refractivity contribution < 1.29 is 27.1 Å². The van der Waals surface area contributed by atoms with Gasteiger partial charge in [-0.05, 0) is 54.1 Å². The molecule has 3 rings (SSSR count). The summed E-state index contributed by atoms with van der Waals surface area (Å²) in [6.07, 6.45) is 2.71. The first-order valence-corrected chi connectivity index (χ1v) is 11.3. The molecule has 0 spiro atoms. The normalized spacial score (nSPS) is 10.9. The Morgan fingerprint density at radius 1 is 1.15 bits per heavy atom. The number of carbonyl (C=O) groups is 2. The fraction of sp³-hybridized carbons (Fsp3) is 0.0870. The van der Waals surface area contributed by atoms with E-state index in [-0.39, 0.29) is 18.0 Å². The summed E-state index contributed by atoms with van der Waals surface area (Å²) in [5, 5.41) is 2.66. The second kappa shape index (κ2) is 10.7. The number of ether oxygens (including phenoxy) is 1. The van der Waals surface area contributed by atoms with Crippen molar-refractivity contribution in [1.82, 2.24) is 20.6 Å². The molecule has 0 saturated heterocycles. The van der Waals surface area contributed by atoms with E-state index in [2.05, 4.69) is 22.3 Å². The summed E-state index contributed by atoms with van der Waals surface area (Å²) in [6, 6.07) is 12.8. The molecule has 2 aromatic carbocycles. The van der Waals surface area contributed by atoms with E-state index in [1.165, 1.54) is 31.4 Å². The number of sulfonamides is 1. The van der Waals surface area contributed by atoms with Crippen LogP contribution in [0.1, 0.15) is 15.9 Å². The molecule has 0 saturated carbocycles. The summed E-state index contributed by atoms with van der Waals surface area (Å²) < 4.78 is 43.8. The van der Waals surface area contributed by atoms with Gasteiger partial charge in [0.15, 0.2) is 0 Å². The highest BCUT2D eigenvalue weighted by atomic mass is 32.2. The van der Waals surface area contributed by atoms with E-state index in [1.807, 2.05) is 4.83 Å². The molecule has 3 aromatic rings. The van der Waals surface area contributed by atoms with Crippen LogP contribution >= 0.6 is 0 Å². The lowest BCUT2D eigenvalue weighted by Crippen LogP contribution is -2.41. The van der Waals surface area contributed by atoms with Gasteiger partial charge >= 0.3 is 0 Å². The molecule has 0 unspecified atom stereocenters. The summed E-state index contributed by atoms with van der Waals surface area (Å²) in [5.74, 6) is -1.75. The van der Waals surface area contributed by atoms with Crippen LogP contribution in [0.15, 0.2) is 78.3 Å². The molecule has 0 aliphatic rings. The number of carbonyl (C=O) groups excluding carboxylic acids is 2. The van der Waals surface area contributed by atoms with Crippen molar-refractivity contribution in [3.8, 4) is 17.0 Å². The lowest BCUT2D eigenvalue weighted by molar-refractivity contribution is -0.116. The lowest BCUT2D eigenvalue weighted by atomic mass is 10.0. The predicted octanol–water partition coefficient (Wildman–Crippen LogP) is 2.32. The topological polar surface area (TPSA) is 126 Å². The quantitative estimate of drug-likeness (QED) is 0.316. The number of pyridine rings is 1. The number of hydrazine groups is 1. The molecule has 0 fully saturated rings. The average molecular weight is 485 g/mol. The molecule has 0 radical (unpaired) electrons. The highest BCUT2D eigenvalue weighted by molar-refractivity contribution is 7.89. The van der Waals surface area contributed by atoms with Crippen molar-refractivity contribution in [2.75, 3.05) is 7.11 Å². The maximum absolute atomic E-state index is 13.8. The SMILES string of the molecule is C=CC(=O)NCc1ccnc(-c2cc(OC)cc(C(=O)NNS(=O)(=O)c3ccccc3F)c2)c1. The molecule has 34 heavy (non-hydrogen) atoms. The van der Waals surface area contributed by atoms with E-state index < -0.39 is 26.6 Å². The van der Waals surface area contributed by atoms with Gasteiger partial charge in [-0.15, -0.1) is 4.83 Å². The number of hydrogen-bond donors (Lipinski definition) is 3. The minimum atomic E-state index is -4.34. The molecule has 176 valence electrons. The van der Waals surface area contributed by atoms with Gasteiger partial charge in [-0.25, -0.2) is 12.8 Å². The first kappa shape index (κ1) is 24.6. The Hall–Kier alpha value is -4.09. The van der Waals surface area contributed by atoms with Crippen LogP contribution in [0.4, 0.5) is 4.39 Å². The van der Waals surface area contributed by atoms with E-state index in [0.717, 1.165) is 23.8 Å². The fourth-order valence-corrected chi connectivity index (χ4v) is 3.82. The van der Waals surface area contributed by atoms with Gasteiger partial charge < -0.3 is 10.1 Å². The molecule has 11 heteroatoms. The molecule has 1 heterocycles. The fourth-order valence-electron chi connectivity index (χ4n) is 2.90. The van der Waals surface area contributed by atoms with E-state index in [0.29, 0.717) is 17.0 Å². The highest BCUT2D eigenvalue weighted by Crippen LogP contribution is 2.25. The molecule has 3 N–H and O–H groups in total. The number of rotatable bonds is 9. The number of nitrogens with one attached hydrogen (secondary N) is 3. The van der Waals surface area contributed by atoms with Crippen LogP contribution in [0.25, 0.3) is 11.3 Å². The van der Waals surface area contributed by atoms with Crippen molar-refractivity contribution in [3.63, 3.8) is 0 Å². The van der Waals surface area contributed by atoms with E-state index >= 15 is 0 Å². The van der Waals surface area contributed by atoms with Crippen molar-refractivity contribution in [3.05, 3.63) is 90.4 Å². The van der Waals surface area contributed by atoms with E-state index in [1.54, 1.807) is 24.4 Å².